The smallest absolute Gasteiger partial charge is 0.302 e. The minimum Gasteiger partial charge on any atom is -0.368 e. The predicted molar refractivity (Wildman–Crippen MR) is 55.5 cm³/mol. The van der Waals surface area contributed by atoms with Gasteiger partial charge in [-0.3, -0.25) is 4.79 Å². The molecule has 0 fully saturated rings. The molecule has 0 saturated heterocycles. The van der Waals surface area contributed by atoms with Gasteiger partial charge in [0, 0.05) is 12.7 Å². The fraction of sp³-hybridized carbons (Fsp3) is 0.333. The Bertz CT molecular complexity index is 533. The Morgan fingerprint density at radius 2 is 2.13 bits per heavy atom. The molecule has 0 spiro atoms. The van der Waals surface area contributed by atoms with E-state index in [1.807, 2.05) is 24.6 Å². The van der Waals surface area contributed by atoms with Gasteiger partial charge in [-0.2, -0.15) is 9.97 Å². The van der Waals surface area contributed by atoms with Crippen LogP contribution in [0.4, 0.5) is 5.95 Å². The Kier molecular flexibility index (Phi) is 2.11. The molecule has 0 aromatic rings. The lowest BCUT2D eigenvalue weighted by atomic mass is 10.3. The van der Waals surface area contributed by atoms with Gasteiger partial charge in [0.25, 0.3) is 0 Å². The Labute approximate surface area is 86.2 Å². The molecular formula is C9H11N5O. The van der Waals surface area contributed by atoms with Crippen LogP contribution in [-0.4, -0.2) is 19.5 Å². The molecule has 0 radical (unpaired) electrons. The topological polar surface area (TPSA) is 86.7 Å². The summed E-state index contributed by atoms with van der Waals surface area (Å²) in [5, 5.41) is 0. The second kappa shape index (κ2) is 3.30. The van der Waals surface area contributed by atoms with Gasteiger partial charge < -0.3 is 10.3 Å². The number of hydrogen-bond donors (Lipinski definition) is 1. The van der Waals surface area contributed by atoms with E-state index in [9.17, 15) is 4.79 Å². The first-order valence-corrected chi connectivity index (χ1v) is 4.63. The second-order valence-corrected chi connectivity index (χ2v) is 3.23. The van der Waals surface area contributed by atoms with Crippen molar-refractivity contribution in [3.05, 3.63) is 22.2 Å². The van der Waals surface area contributed by atoms with Crippen LogP contribution in [0.1, 0.15) is 12.6 Å². The summed E-state index contributed by atoms with van der Waals surface area (Å²) in [6.45, 7) is 4.48. The zero-order valence-corrected chi connectivity index (χ0v) is 8.56. The highest BCUT2D eigenvalue weighted by Crippen LogP contribution is 2.13. The third-order valence-electron chi connectivity index (χ3n) is 2.09. The van der Waals surface area contributed by atoms with Crippen LogP contribution in [0.5, 0.6) is 0 Å². The summed E-state index contributed by atoms with van der Waals surface area (Å²) in [5.41, 5.74) is 6.02. The minimum atomic E-state index is -0.427. The number of hydrogen-bond acceptors (Lipinski definition) is 5. The highest BCUT2D eigenvalue weighted by Gasteiger charge is 2.15. The van der Waals surface area contributed by atoms with Gasteiger partial charge in [-0.25, -0.2) is 4.98 Å². The zero-order chi connectivity index (χ0) is 11.0. The van der Waals surface area contributed by atoms with Crippen LogP contribution in [0.25, 0.3) is 11.5 Å². The summed E-state index contributed by atoms with van der Waals surface area (Å²) in [5.74, 6) is 0.473. The first-order chi connectivity index (χ1) is 7.11. The Hall–Kier alpha value is -1.98. The van der Waals surface area contributed by atoms with Gasteiger partial charge in [-0.05, 0) is 13.8 Å². The van der Waals surface area contributed by atoms with E-state index in [4.69, 9.17) is 5.73 Å². The molecule has 2 aliphatic heterocycles. The van der Waals surface area contributed by atoms with Gasteiger partial charge in [0.2, 0.25) is 5.95 Å². The summed E-state index contributed by atoms with van der Waals surface area (Å²) in [7, 11) is 0. The molecule has 78 valence electrons. The zero-order valence-electron chi connectivity index (χ0n) is 8.56. The molecule has 2 heterocycles. The number of nitrogens with two attached hydrogens (primary N) is 1. The van der Waals surface area contributed by atoms with Crippen molar-refractivity contribution < 1.29 is 0 Å². The van der Waals surface area contributed by atoms with E-state index >= 15 is 0 Å². The number of rotatable bonds is 1. The second-order valence-electron chi connectivity index (χ2n) is 3.23. The number of nitrogen functional groups attached to an aromatic ring is 1. The summed E-state index contributed by atoms with van der Waals surface area (Å²) in [4.78, 5) is 23.2. The normalized spacial score (nSPS) is 10.8. The van der Waals surface area contributed by atoms with E-state index < -0.39 is 5.56 Å². The predicted octanol–water partition coefficient (Wildman–Crippen LogP) is 0.0486. The lowest BCUT2D eigenvalue weighted by Gasteiger charge is -2.12. The number of aryl methyl sites for hydroxylation is 2. The highest BCUT2D eigenvalue weighted by atomic mass is 16.1. The van der Waals surface area contributed by atoms with Gasteiger partial charge >= 0.3 is 5.56 Å². The molecule has 2 aliphatic rings. The fourth-order valence-electron chi connectivity index (χ4n) is 1.47. The van der Waals surface area contributed by atoms with Gasteiger partial charge in [-0.15, -0.1) is 0 Å². The summed E-state index contributed by atoms with van der Waals surface area (Å²) >= 11 is 0. The number of anilines is 1. The van der Waals surface area contributed by atoms with Crippen molar-refractivity contribution in [2.24, 2.45) is 0 Å². The van der Waals surface area contributed by atoms with Crippen molar-refractivity contribution in [2.45, 2.75) is 20.4 Å². The first-order valence-electron chi connectivity index (χ1n) is 4.63. The van der Waals surface area contributed by atoms with Crippen LogP contribution in [-0.2, 0) is 6.54 Å². The molecular weight excluding hydrogens is 194 g/mol. The van der Waals surface area contributed by atoms with Gasteiger partial charge in [0.1, 0.15) is 0 Å². The SMILES string of the molecule is CCn1cc(C)nc2c(=O)nc(N)nc1-2. The molecule has 15 heavy (non-hydrogen) atoms. The number of fused-ring (bicyclic) bond motifs is 1. The van der Waals surface area contributed by atoms with Crippen LogP contribution in [0.2, 0.25) is 0 Å². The summed E-state index contributed by atoms with van der Waals surface area (Å²) in [6.07, 6.45) is 1.83. The third kappa shape index (κ3) is 1.54. The van der Waals surface area contributed by atoms with E-state index in [-0.39, 0.29) is 11.6 Å². The van der Waals surface area contributed by atoms with Crippen LogP contribution < -0.4 is 11.3 Å². The van der Waals surface area contributed by atoms with E-state index in [0.717, 1.165) is 5.69 Å². The van der Waals surface area contributed by atoms with Gasteiger partial charge in [0.05, 0.1) is 5.69 Å². The van der Waals surface area contributed by atoms with Crippen molar-refractivity contribution in [3.63, 3.8) is 0 Å². The maximum atomic E-state index is 11.5. The van der Waals surface area contributed by atoms with E-state index in [1.165, 1.54) is 0 Å². The van der Waals surface area contributed by atoms with E-state index in [1.54, 1.807) is 0 Å². The largest absolute Gasteiger partial charge is 0.368 e. The molecule has 0 amide bonds. The maximum absolute atomic E-state index is 11.5. The molecule has 2 N–H and O–H groups in total. The lowest BCUT2D eigenvalue weighted by molar-refractivity contribution is 0.726. The standard InChI is InChI=1S/C9H11N5O/c1-3-14-4-5(2)11-6-7(14)12-9(10)13-8(6)15/h4H,3H2,1-2H3,(H2,10,13,15). The average Bonchev–Trinajstić information content (AvgIpc) is 2.18. The van der Waals surface area contributed by atoms with Crippen LogP contribution >= 0.6 is 0 Å². The molecule has 0 bridgehead atoms. The van der Waals surface area contributed by atoms with E-state index in [0.29, 0.717) is 12.4 Å². The molecule has 0 aliphatic carbocycles. The number of aromatic nitrogens is 4. The van der Waals surface area contributed by atoms with Crippen LogP contribution in [0.3, 0.4) is 0 Å². The Morgan fingerprint density at radius 3 is 2.80 bits per heavy atom. The maximum Gasteiger partial charge on any atom is 0.302 e. The summed E-state index contributed by atoms with van der Waals surface area (Å²) in [6, 6.07) is 0. The minimum absolute atomic E-state index is 0.0136. The third-order valence-corrected chi connectivity index (χ3v) is 2.09. The molecule has 2 rings (SSSR count). The Morgan fingerprint density at radius 1 is 1.40 bits per heavy atom. The molecule has 0 aromatic heterocycles. The van der Waals surface area contributed by atoms with Crippen molar-refractivity contribution in [3.8, 4) is 11.5 Å². The highest BCUT2D eigenvalue weighted by molar-refractivity contribution is 5.51. The fourth-order valence-corrected chi connectivity index (χ4v) is 1.47. The molecule has 0 atom stereocenters. The van der Waals surface area contributed by atoms with Crippen molar-refractivity contribution >= 4 is 5.95 Å². The molecule has 6 heteroatoms. The van der Waals surface area contributed by atoms with E-state index in [2.05, 4.69) is 15.0 Å². The van der Waals surface area contributed by atoms with Gasteiger partial charge in [-0.1, -0.05) is 0 Å². The number of nitrogens with zero attached hydrogens (tertiary/aromatic N) is 4. The summed E-state index contributed by atoms with van der Waals surface area (Å²) < 4.78 is 1.83. The van der Waals surface area contributed by atoms with Gasteiger partial charge in [0.15, 0.2) is 11.5 Å². The monoisotopic (exact) mass is 205 g/mol. The van der Waals surface area contributed by atoms with Crippen LogP contribution in [0, 0.1) is 6.92 Å². The van der Waals surface area contributed by atoms with Crippen molar-refractivity contribution in [1.29, 1.82) is 0 Å². The first kappa shape index (κ1) is 9.57. The van der Waals surface area contributed by atoms with Crippen molar-refractivity contribution in [1.82, 2.24) is 19.5 Å². The quantitative estimate of drug-likeness (QED) is 0.710. The Balaban J connectivity index is 2.88. The molecule has 0 saturated carbocycles. The van der Waals surface area contributed by atoms with Crippen molar-refractivity contribution in [2.75, 3.05) is 5.73 Å². The average molecular weight is 205 g/mol. The van der Waals surface area contributed by atoms with Crippen LogP contribution in [0.15, 0.2) is 11.0 Å². The molecule has 0 unspecified atom stereocenters. The lowest BCUT2D eigenvalue weighted by Crippen LogP contribution is -2.21. The molecule has 6 nitrogen and oxygen atoms in total. The molecule has 0 aromatic carbocycles.